The third-order valence-corrected chi connectivity index (χ3v) is 3.63. The molecule has 0 bridgehead atoms. The highest BCUT2D eigenvalue weighted by atomic mass is 16.5. The van der Waals surface area contributed by atoms with Gasteiger partial charge in [0.05, 0.1) is 12.8 Å². The van der Waals surface area contributed by atoms with Crippen LogP contribution in [-0.2, 0) is 4.79 Å². The first-order valence-corrected chi connectivity index (χ1v) is 8.63. The van der Waals surface area contributed by atoms with Gasteiger partial charge in [-0.15, -0.1) is 0 Å². The fourth-order valence-corrected chi connectivity index (χ4v) is 2.10. The molecule has 0 unspecified atom stereocenters. The maximum Gasteiger partial charge on any atom is 0.271 e. The lowest BCUT2D eigenvalue weighted by molar-refractivity contribution is -0.130. The Kier molecular flexibility index (Phi) is 7.38. The van der Waals surface area contributed by atoms with Crippen molar-refractivity contribution in [2.24, 2.45) is 5.10 Å². The van der Waals surface area contributed by atoms with Crippen molar-refractivity contribution in [3.05, 3.63) is 53.6 Å². The Labute approximate surface area is 163 Å². The first kappa shape index (κ1) is 20.8. The second-order valence-corrected chi connectivity index (χ2v) is 5.96. The van der Waals surface area contributed by atoms with Gasteiger partial charge in [-0.2, -0.15) is 5.10 Å². The first-order valence-electron chi connectivity index (χ1n) is 8.63. The molecule has 0 aliphatic heterocycles. The van der Waals surface area contributed by atoms with E-state index in [-0.39, 0.29) is 18.3 Å². The highest BCUT2D eigenvalue weighted by Crippen LogP contribution is 2.28. The van der Waals surface area contributed by atoms with E-state index in [1.165, 1.54) is 35.4 Å². The Balaban J connectivity index is 2.03. The normalized spacial score (nSPS) is 10.5. The van der Waals surface area contributed by atoms with Gasteiger partial charge in [0.15, 0.2) is 18.1 Å². The summed E-state index contributed by atoms with van der Waals surface area (Å²) in [5.41, 5.74) is 3.47. The molecule has 2 amide bonds. The van der Waals surface area contributed by atoms with Gasteiger partial charge in [0.25, 0.3) is 11.8 Å². The number of carbonyl (C=O) groups is 2. The van der Waals surface area contributed by atoms with Gasteiger partial charge in [0.1, 0.15) is 5.75 Å². The van der Waals surface area contributed by atoms with E-state index in [0.29, 0.717) is 29.2 Å². The van der Waals surface area contributed by atoms with Crippen LogP contribution < -0.4 is 14.9 Å². The molecule has 0 aromatic heterocycles. The number of phenolic OH excluding ortho intramolecular Hbond substituents is 1. The smallest absolute Gasteiger partial charge is 0.271 e. The van der Waals surface area contributed by atoms with Crippen molar-refractivity contribution >= 4 is 18.0 Å². The molecule has 0 spiro atoms. The van der Waals surface area contributed by atoms with E-state index in [4.69, 9.17) is 9.47 Å². The summed E-state index contributed by atoms with van der Waals surface area (Å²) in [4.78, 5) is 25.1. The number of amides is 2. The van der Waals surface area contributed by atoms with Gasteiger partial charge in [0, 0.05) is 19.7 Å². The molecule has 0 atom stereocenters. The average molecular weight is 385 g/mol. The molecule has 0 radical (unpaired) electrons. The maximum absolute atomic E-state index is 12.0. The minimum Gasteiger partial charge on any atom is -0.508 e. The number of benzene rings is 2. The number of aromatic hydroxyl groups is 1. The van der Waals surface area contributed by atoms with Crippen molar-refractivity contribution in [3.8, 4) is 17.2 Å². The number of nitrogens with one attached hydrogen (secondary N) is 1. The number of ether oxygens (including phenoxy) is 2. The number of likely N-dealkylation sites (N-methyl/N-ethyl adjacent to an activating group) is 1. The molecule has 2 N–H and O–H groups in total. The Morgan fingerprint density at radius 2 is 1.82 bits per heavy atom. The van der Waals surface area contributed by atoms with Gasteiger partial charge in [-0.3, -0.25) is 9.59 Å². The van der Waals surface area contributed by atoms with Crippen molar-refractivity contribution in [1.82, 2.24) is 10.3 Å². The number of hydrogen-bond acceptors (Lipinski definition) is 6. The Hall–Kier alpha value is -3.55. The van der Waals surface area contributed by atoms with Crippen LogP contribution in [0.5, 0.6) is 17.2 Å². The molecule has 0 aliphatic carbocycles. The summed E-state index contributed by atoms with van der Waals surface area (Å²) < 4.78 is 11.1. The third-order valence-electron chi connectivity index (χ3n) is 3.63. The van der Waals surface area contributed by atoms with Crippen LogP contribution in [0.3, 0.4) is 0 Å². The third kappa shape index (κ3) is 6.01. The van der Waals surface area contributed by atoms with E-state index in [1.807, 2.05) is 6.92 Å². The quantitative estimate of drug-likeness (QED) is 0.535. The van der Waals surface area contributed by atoms with Crippen LogP contribution in [0.15, 0.2) is 47.6 Å². The molecule has 148 valence electrons. The number of nitrogens with zero attached hydrogens (tertiary/aromatic N) is 2. The molecule has 0 aliphatic rings. The van der Waals surface area contributed by atoms with Crippen LogP contribution in [-0.4, -0.2) is 55.3 Å². The second kappa shape index (κ2) is 9.96. The van der Waals surface area contributed by atoms with Crippen LogP contribution in [0.25, 0.3) is 0 Å². The lowest BCUT2D eigenvalue weighted by Gasteiger charge is -2.14. The van der Waals surface area contributed by atoms with Crippen LogP contribution in [0.2, 0.25) is 0 Å². The van der Waals surface area contributed by atoms with E-state index in [0.717, 1.165) is 0 Å². The van der Waals surface area contributed by atoms with Gasteiger partial charge in [-0.25, -0.2) is 5.43 Å². The zero-order chi connectivity index (χ0) is 20.5. The van der Waals surface area contributed by atoms with E-state index in [2.05, 4.69) is 10.5 Å². The predicted octanol–water partition coefficient (Wildman–Crippen LogP) is 2.02. The number of rotatable bonds is 8. The zero-order valence-electron chi connectivity index (χ0n) is 16.0. The molecule has 2 aromatic carbocycles. The van der Waals surface area contributed by atoms with Crippen molar-refractivity contribution in [3.63, 3.8) is 0 Å². The predicted molar refractivity (Wildman–Crippen MR) is 105 cm³/mol. The Bertz CT molecular complexity index is 847. The molecule has 2 aromatic rings. The van der Waals surface area contributed by atoms with Crippen LogP contribution in [0, 0.1) is 0 Å². The van der Waals surface area contributed by atoms with Crippen molar-refractivity contribution in [2.45, 2.75) is 6.92 Å². The van der Waals surface area contributed by atoms with Crippen LogP contribution in [0.1, 0.15) is 22.8 Å². The molecule has 0 saturated carbocycles. The molecule has 0 heterocycles. The van der Waals surface area contributed by atoms with Gasteiger partial charge in [-0.1, -0.05) is 0 Å². The van der Waals surface area contributed by atoms with Gasteiger partial charge < -0.3 is 19.5 Å². The zero-order valence-corrected chi connectivity index (χ0v) is 16.0. The summed E-state index contributed by atoms with van der Waals surface area (Å²) in [5, 5.41) is 13.2. The van der Waals surface area contributed by atoms with E-state index in [9.17, 15) is 14.7 Å². The summed E-state index contributed by atoms with van der Waals surface area (Å²) in [5.74, 6) is 0.441. The number of hydrogen-bond donors (Lipinski definition) is 2. The number of hydrazone groups is 1. The van der Waals surface area contributed by atoms with Crippen LogP contribution >= 0.6 is 0 Å². The molecule has 2 rings (SSSR count). The fraction of sp³-hybridized carbons (Fsp3) is 0.250. The van der Waals surface area contributed by atoms with Crippen molar-refractivity contribution < 1.29 is 24.2 Å². The molecule has 8 heteroatoms. The summed E-state index contributed by atoms with van der Waals surface area (Å²) in [6.07, 6.45) is 1.47. The largest absolute Gasteiger partial charge is 0.508 e. The topological polar surface area (TPSA) is 100 Å². The van der Waals surface area contributed by atoms with E-state index in [1.54, 1.807) is 32.3 Å². The maximum atomic E-state index is 12.0. The molecule has 0 fully saturated rings. The van der Waals surface area contributed by atoms with E-state index < -0.39 is 5.91 Å². The van der Waals surface area contributed by atoms with Gasteiger partial charge >= 0.3 is 0 Å². The lowest BCUT2D eigenvalue weighted by atomic mass is 10.2. The minimum atomic E-state index is -0.400. The van der Waals surface area contributed by atoms with Gasteiger partial charge in [0.2, 0.25) is 0 Å². The van der Waals surface area contributed by atoms with Crippen molar-refractivity contribution in [2.75, 3.05) is 27.3 Å². The summed E-state index contributed by atoms with van der Waals surface area (Å²) in [7, 11) is 3.31. The average Bonchev–Trinajstić information content (AvgIpc) is 2.67. The fourth-order valence-electron chi connectivity index (χ4n) is 2.10. The van der Waals surface area contributed by atoms with Gasteiger partial charge in [-0.05, 0) is 55.0 Å². The highest BCUT2D eigenvalue weighted by molar-refractivity contribution is 5.95. The second-order valence-electron chi connectivity index (χ2n) is 5.96. The molecular weight excluding hydrogens is 362 g/mol. The van der Waals surface area contributed by atoms with Crippen LogP contribution in [0.4, 0.5) is 0 Å². The standard InChI is InChI=1S/C20H23N3O5/c1-4-27-18-11-14(5-10-17(18)28-13-19(25)23(2)3)12-21-22-20(26)15-6-8-16(24)9-7-15/h5-12,24H,4,13H2,1-3H3,(H,22,26). The Morgan fingerprint density at radius 1 is 1.11 bits per heavy atom. The van der Waals surface area contributed by atoms with Crippen molar-refractivity contribution in [1.29, 1.82) is 0 Å². The molecule has 8 nitrogen and oxygen atoms in total. The number of carbonyl (C=O) groups excluding carboxylic acids is 2. The monoisotopic (exact) mass is 385 g/mol. The summed E-state index contributed by atoms with van der Waals surface area (Å²) in [6, 6.07) is 10.9. The minimum absolute atomic E-state index is 0.0816. The Morgan fingerprint density at radius 3 is 2.46 bits per heavy atom. The summed E-state index contributed by atoms with van der Waals surface area (Å²) in [6.45, 7) is 2.17. The first-order chi connectivity index (χ1) is 13.4. The van der Waals surface area contributed by atoms with E-state index >= 15 is 0 Å². The highest BCUT2D eigenvalue weighted by Gasteiger charge is 2.10. The lowest BCUT2D eigenvalue weighted by Crippen LogP contribution is -2.27. The number of phenols is 1. The molecular formula is C20H23N3O5. The summed E-state index contributed by atoms with van der Waals surface area (Å²) >= 11 is 0. The molecule has 0 saturated heterocycles. The SMILES string of the molecule is CCOc1cc(C=NNC(=O)c2ccc(O)cc2)ccc1OCC(=O)N(C)C. The molecule has 28 heavy (non-hydrogen) atoms.